The summed E-state index contributed by atoms with van der Waals surface area (Å²) in [5.74, 6) is -1.37. The van der Waals surface area contributed by atoms with Crippen LogP contribution in [0.4, 0.5) is 4.39 Å². The van der Waals surface area contributed by atoms with Gasteiger partial charge in [0.1, 0.15) is 5.82 Å². The van der Waals surface area contributed by atoms with Gasteiger partial charge in [0.05, 0.1) is 16.8 Å². The summed E-state index contributed by atoms with van der Waals surface area (Å²) in [6, 6.07) is 12.8. The lowest BCUT2D eigenvalue weighted by molar-refractivity contribution is 0.0697. The van der Waals surface area contributed by atoms with Crippen molar-refractivity contribution in [3.05, 3.63) is 72.3 Å². The number of benzene rings is 2. The van der Waals surface area contributed by atoms with E-state index in [1.807, 2.05) is 6.07 Å². The van der Waals surface area contributed by atoms with Gasteiger partial charge in [0, 0.05) is 34.1 Å². The molecule has 0 bridgehead atoms. The number of aromatic carboxylic acids is 1. The number of hydrogen-bond donors (Lipinski definition) is 1. The van der Waals surface area contributed by atoms with Crippen LogP contribution in [0.25, 0.3) is 32.9 Å². The summed E-state index contributed by atoms with van der Waals surface area (Å²) in [4.78, 5) is 20.0. The van der Waals surface area contributed by atoms with Crippen molar-refractivity contribution in [3.63, 3.8) is 0 Å². The van der Waals surface area contributed by atoms with Gasteiger partial charge < -0.3 is 5.11 Å². The molecule has 0 aliphatic heterocycles. The minimum Gasteiger partial charge on any atom is -0.478 e. The van der Waals surface area contributed by atoms with Crippen molar-refractivity contribution in [3.8, 4) is 11.3 Å². The van der Waals surface area contributed by atoms with Gasteiger partial charge in [-0.25, -0.2) is 14.2 Å². The second kappa shape index (κ2) is 5.38. The predicted molar refractivity (Wildman–Crippen MR) is 89.4 cm³/mol. The zero-order valence-corrected chi connectivity index (χ0v) is 12.4. The van der Waals surface area contributed by atoms with Gasteiger partial charge in [-0.15, -0.1) is 0 Å². The van der Waals surface area contributed by atoms with Crippen LogP contribution in [-0.2, 0) is 0 Å². The SMILES string of the molecule is O=C(O)c1ccc2c(c1)nc(-c1cccc(F)c1)c1ccncc12. The first-order valence-electron chi connectivity index (χ1n) is 7.30. The van der Waals surface area contributed by atoms with Crippen molar-refractivity contribution in [2.45, 2.75) is 0 Å². The van der Waals surface area contributed by atoms with E-state index in [9.17, 15) is 14.3 Å². The fourth-order valence-corrected chi connectivity index (χ4v) is 2.84. The van der Waals surface area contributed by atoms with Crippen LogP contribution in [0.15, 0.2) is 60.9 Å². The average Bonchev–Trinajstić information content (AvgIpc) is 2.60. The molecule has 4 nitrogen and oxygen atoms in total. The molecule has 2 aromatic heterocycles. The van der Waals surface area contributed by atoms with Gasteiger partial charge in [-0.2, -0.15) is 0 Å². The number of aromatic nitrogens is 2. The smallest absolute Gasteiger partial charge is 0.335 e. The molecule has 4 aromatic rings. The maximum absolute atomic E-state index is 13.6. The van der Waals surface area contributed by atoms with Gasteiger partial charge >= 0.3 is 5.97 Å². The molecule has 2 aromatic carbocycles. The first-order valence-corrected chi connectivity index (χ1v) is 7.30. The fourth-order valence-electron chi connectivity index (χ4n) is 2.84. The molecular formula is C19H11FN2O2. The first-order chi connectivity index (χ1) is 11.6. The molecule has 0 saturated heterocycles. The van der Waals surface area contributed by atoms with Crippen molar-refractivity contribution >= 4 is 27.6 Å². The van der Waals surface area contributed by atoms with E-state index in [-0.39, 0.29) is 11.4 Å². The number of pyridine rings is 2. The van der Waals surface area contributed by atoms with Gasteiger partial charge in [0.25, 0.3) is 0 Å². The second-order valence-electron chi connectivity index (χ2n) is 5.43. The maximum atomic E-state index is 13.6. The van der Waals surface area contributed by atoms with Gasteiger partial charge in [-0.3, -0.25) is 4.98 Å². The van der Waals surface area contributed by atoms with Crippen LogP contribution in [0.1, 0.15) is 10.4 Å². The maximum Gasteiger partial charge on any atom is 0.335 e. The highest BCUT2D eigenvalue weighted by atomic mass is 19.1. The molecule has 0 aliphatic rings. The first kappa shape index (κ1) is 14.3. The Balaban J connectivity index is 2.12. The van der Waals surface area contributed by atoms with Crippen molar-refractivity contribution in [2.24, 2.45) is 0 Å². The molecule has 0 saturated carbocycles. The number of fused-ring (bicyclic) bond motifs is 3. The lowest BCUT2D eigenvalue weighted by atomic mass is 10.0. The van der Waals surface area contributed by atoms with Crippen molar-refractivity contribution in [1.29, 1.82) is 0 Å². The topological polar surface area (TPSA) is 63.1 Å². The zero-order chi connectivity index (χ0) is 16.7. The Hall–Kier alpha value is -3.34. The lowest BCUT2D eigenvalue weighted by Gasteiger charge is -2.10. The molecule has 0 unspecified atom stereocenters. The number of carboxylic acid groups (broad SMARTS) is 1. The molecule has 1 N–H and O–H groups in total. The van der Waals surface area contributed by atoms with Crippen LogP contribution in [0.2, 0.25) is 0 Å². The van der Waals surface area contributed by atoms with E-state index in [2.05, 4.69) is 9.97 Å². The minimum absolute atomic E-state index is 0.156. The summed E-state index contributed by atoms with van der Waals surface area (Å²) in [5.41, 5.74) is 1.92. The van der Waals surface area contributed by atoms with Crippen LogP contribution in [0.5, 0.6) is 0 Å². The van der Waals surface area contributed by atoms with Crippen LogP contribution in [-0.4, -0.2) is 21.0 Å². The highest BCUT2D eigenvalue weighted by Crippen LogP contribution is 2.32. The average molecular weight is 318 g/mol. The Morgan fingerprint density at radius 2 is 1.88 bits per heavy atom. The summed E-state index contributed by atoms with van der Waals surface area (Å²) in [6.45, 7) is 0. The van der Waals surface area contributed by atoms with Crippen LogP contribution >= 0.6 is 0 Å². The van der Waals surface area contributed by atoms with Crippen molar-refractivity contribution < 1.29 is 14.3 Å². The number of carboxylic acids is 1. The molecule has 5 heteroatoms. The quantitative estimate of drug-likeness (QED) is 0.560. The molecule has 0 fully saturated rings. The van der Waals surface area contributed by atoms with Crippen molar-refractivity contribution in [2.75, 3.05) is 0 Å². The van der Waals surface area contributed by atoms with Gasteiger partial charge in [-0.1, -0.05) is 18.2 Å². The van der Waals surface area contributed by atoms with E-state index in [0.29, 0.717) is 16.8 Å². The van der Waals surface area contributed by atoms with E-state index >= 15 is 0 Å². The third-order valence-corrected chi connectivity index (χ3v) is 3.94. The molecule has 0 atom stereocenters. The molecule has 0 amide bonds. The Bertz CT molecular complexity index is 1110. The lowest BCUT2D eigenvalue weighted by Crippen LogP contribution is -1.97. The molecule has 116 valence electrons. The van der Waals surface area contributed by atoms with Crippen molar-refractivity contribution in [1.82, 2.24) is 9.97 Å². The van der Waals surface area contributed by atoms with Gasteiger partial charge in [0.15, 0.2) is 0 Å². The van der Waals surface area contributed by atoms with E-state index in [4.69, 9.17) is 0 Å². The summed E-state index contributed by atoms with van der Waals surface area (Å²) in [5, 5.41) is 11.7. The number of halogens is 1. The molecule has 4 rings (SSSR count). The molecule has 0 radical (unpaired) electrons. The Kier molecular flexibility index (Phi) is 3.20. The Labute approximate surface area is 136 Å². The van der Waals surface area contributed by atoms with E-state index < -0.39 is 5.97 Å². The highest BCUT2D eigenvalue weighted by Gasteiger charge is 2.13. The summed E-state index contributed by atoms with van der Waals surface area (Å²) in [7, 11) is 0. The van der Waals surface area contributed by atoms with E-state index in [0.717, 1.165) is 16.2 Å². The Morgan fingerprint density at radius 1 is 1.00 bits per heavy atom. The van der Waals surface area contributed by atoms with Gasteiger partial charge in [0.2, 0.25) is 0 Å². The fraction of sp³-hybridized carbons (Fsp3) is 0. The number of carbonyl (C=O) groups is 1. The molecule has 0 aliphatic carbocycles. The number of nitrogens with zero attached hydrogens (tertiary/aromatic N) is 2. The summed E-state index contributed by atoms with van der Waals surface area (Å²) in [6.07, 6.45) is 3.37. The van der Waals surface area contributed by atoms with E-state index in [1.165, 1.54) is 18.2 Å². The third kappa shape index (κ3) is 2.27. The predicted octanol–water partition coefficient (Wildman–Crippen LogP) is 4.29. The molecular weight excluding hydrogens is 307 g/mol. The largest absolute Gasteiger partial charge is 0.478 e. The van der Waals surface area contributed by atoms with Crippen LogP contribution < -0.4 is 0 Å². The monoisotopic (exact) mass is 318 g/mol. The standard InChI is InChI=1S/C19H11FN2O2/c20-13-3-1-2-11(8-13)18-15-6-7-21-10-16(15)14-5-4-12(19(23)24)9-17(14)22-18/h1-10H,(H,23,24). The summed E-state index contributed by atoms with van der Waals surface area (Å²) >= 11 is 0. The van der Waals surface area contributed by atoms with E-state index in [1.54, 1.807) is 36.7 Å². The number of rotatable bonds is 2. The molecule has 24 heavy (non-hydrogen) atoms. The minimum atomic E-state index is -1.02. The normalized spacial score (nSPS) is 11.0. The molecule has 0 spiro atoms. The number of hydrogen-bond acceptors (Lipinski definition) is 3. The second-order valence-corrected chi connectivity index (χ2v) is 5.43. The third-order valence-electron chi connectivity index (χ3n) is 3.94. The Morgan fingerprint density at radius 3 is 2.67 bits per heavy atom. The van der Waals surface area contributed by atoms with Crippen LogP contribution in [0, 0.1) is 5.82 Å². The zero-order valence-electron chi connectivity index (χ0n) is 12.4. The van der Waals surface area contributed by atoms with Gasteiger partial charge in [-0.05, 0) is 30.3 Å². The summed E-state index contributed by atoms with van der Waals surface area (Å²) < 4.78 is 13.6. The van der Waals surface area contributed by atoms with Crippen LogP contribution in [0.3, 0.4) is 0 Å². The highest BCUT2D eigenvalue weighted by molar-refractivity contribution is 6.11. The molecule has 2 heterocycles.